The minimum absolute atomic E-state index is 0.0143. The minimum atomic E-state index is 0.0143. The molecule has 4 heterocycles. The number of nitrogens with zero attached hydrogens (tertiary/aromatic N) is 8. The van der Waals surface area contributed by atoms with Crippen LogP contribution in [0.2, 0.25) is 0 Å². The molecule has 1 aromatic carbocycles. The molecule has 1 saturated heterocycles. The van der Waals surface area contributed by atoms with E-state index in [2.05, 4.69) is 25.1 Å². The Hall–Kier alpha value is -4.01. The number of anilines is 1. The number of hydrogen-bond acceptors (Lipinski definition) is 6. The molecule has 0 saturated carbocycles. The van der Waals surface area contributed by atoms with Gasteiger partial charge in [0.15, 0.2) is 5.82 Å². The Morgan fingerprint density at radius 1 is 0.906 bits per heavy atom. The van der Waals surface area contributed by atoms with Gasteiger partial charge in [0.1, 0.15) is 11.6 Å². The van der Waals surface area contributed by atoms with E-state index in [1.807, 2.05) is 72.1 Å². The first-order valence-corrected chi connectivity index (χ1v) is 10.6. The second-order valence-electron chi connectivity index (χ2n) is 7.75. The van der Waals surface area contributed by atoms with Gasteiger partial charge in [0.05, 0.1) is 23.1 Å². The van der Waals surface area contributed by atoms with Crippen LogP contribution in [0.4, 0.5) is 5.82 Å². The molecule has 0 spiro atoms. The lowest BCUT2D eigenvalue weighted by Gasteiger charge is -2.35. The van der Waals surface area contributed by atoms with Crippen LogP contribution in [-0.2, 0) is 0 Å². The predicted molar refractivity (Wildman–Crippen MR) is 120 cm³/mol. The summed E-state index contributed by atoms with van der Waals surface area (Å²) >= 11 is 0. The maximum Gasteiger partial charge on any atom is 0.257 e. The van der Waals surface area contributed by atoms with Crippen molar-refractivity contribution in [3.8, 4) is 11.5 Å². The third-order valence-corrected chi connectivity index (χ3v) is 5.68. The molecule has 1 amide bonds. The standard InChI is InChI=1S/C23H24N8O/c1-17-20(16-25-31(17)19-7-4-3-5-8-19)23(32)29-13-11-28(12-14-29)21-15-22(27-18(2)26-21)30-10-6-9-24-30/h3-10,15-16H,11-14H2,1-2H3. The van der Waals surface area contributed by atoms with Gasteiger partial charge in [0.2, 0.25) is 0 Å². The van der Waals surface area contributed by atoms with Gasteiger partial charge in [-0.2, -0.15) is 10.2 Å². The second kappa shape index (κ2) is 8.26. The minimum Gasteiger partial charge on any atom is -0.353 e. The van der Waals surface area contributed by atoms with Crippen LogP contribution in [0.15, 0.2) is 61.1 Å². The van der Waals surface area contributed by atoms with E-state index in [9.17, 15) is 4.79 Å². The van der Waals surface area contributed by atoms with E-state index < -0.39 is 0 Å². The molecule has 1 aliphatic heterocycles. The highest BCUT2D eigenvalue weighted by Crippen LogP contribution is 2.20. The summed E-state index contributed by atoms with van der Waals surface area (Å²) in [6.45, 7) is 6.45. The highest BCUT2D eigenvalue weighted by molar-refractivity contribution is 5.95. The number of para-hydroxylation sites is 1. The number of benzene rings is 1. The van der Waals surface area contributed by atoms with Crippen molar-refractivity contribution >= 4 is 11.7 Å². The fourth-order valence-corrected chi connectivity index (χ4v) is 3.98. The third kappa shape index (κ3) is 3.73. The van der Waals surface area contributed by atoms with Crippen molar-refractivity contribution in [2.45, 2.75) is 13.8 Å². The molecule has 0 unspecified atom stereocenters. The molecule has 9 nitrogen and oxygen atoms in total. The zero-order chi connectivity index (χ0) is 22.1. The Bertz CT molecular complexity index is 1220. The molecule has 1 aliphatic rings. The predicted octanol–water partition coefficient (Wildman–Crippen LogP) is 2.43. The molecule has 1 fully saturated rings. The quantitative estimate of drug-likeness (QED) is 0.496. The number of piperazine rings is 1. The number of hydrogen-bond donors (Lipinski definition) is 0. The molecule has 5 rings (SSSR count). The van der Waals surface area contributed by atoms with Crippen LogP contribution < -0.4 is 4.90 Å². The third-order valence-electron chi connectivity index (χ3n) is 5.68. The van der Waals surface area contributed by atoms with E-state index in [1.165, 1.54) is 0 Å². The van der Waals surface area contributed by atoms with Crippen molar-refractivity contribution in [2.75, 3.05) is 31.1 Å². The highest BCUT2D eigenvalue weighted by atomic mass is 16.2. The van der Waals surface area contributed by atoms with Gasteiger partial charge in [0.25, 0.3) is 5.91 Å². The smallest absolute Gasteiger partial charge is 0.257 e. The Morgan fingerprint density at radius 2 is 1.66 bits per heavy atom. The molecule has 0 N–H and O–H groups in total. The summed E-state index contributed by atoms with van der Waals surface area (Å²) in [6.07, 6.45) is 5.25. The summed E-state index contributed by atoms with van der Waals surface area (Å²) in [5.41, 5.74) is 2.43. The molecular formula is C23H24N8O. The van der Waals surface area contributed by atoms with E-state index in [-0.39, 0.29) is 5.91 Å². The Morgan fingerprint density at radius 3 is 2.38 bits per heavy atom. The van der Waals surface area contributed by atoms with Crippen LogP contribution in [0.5, 0.6) is 0 Å². The van der Waals surface area contributed by atoms with E-state index in [1.54, 1.807) is 17.1 Å². The normalized spacial score (nSPS) is 14.1. The molecule has 9 heteroatoms. The Kier molecular flexibility index (Phi) is 5.14. The lowest BCUT2D eigenvalue weighted by Crippen LogP contribution is -2.49. The summed E-state index contributed by atoms with van der Waals surface area (Å²) in [7, 11) is 0. The fourth-order valence-electron chi connectivity index (χ4n) is 3.98. The number of carbonyl (C=O) groups is 1. The van der Waals surface area contributed by atoms with Crippen molar-refractivity contribution in [3.63, 3.8) is 0 Å². The van der Waals surface area contributed by atoms with Crippen LogP contribution in [-0.4, -0.2) is 66.5 Å². The molecule has 3 aromatic heterocycles. The highest BCUT2D eigenvalue weighted by Gasteiger charge is 2.26. The van der Waals surface area contributed by atoms with Gasteiger partial charge in [-0.3, -0.25) is 4.79 Å². The SMILES string of the molecule is Cc1nc(N2CCN(C(=O)c3cnn(-c4ccccc4)c3C)CC2)cc(-n2cccn2)n1. The molecule has 32 heavy (non-hydrogen) atoms. The molecule has 0 radical (unpaired) electrons. The summed E-state index contributed by atoms with van der Waals surface area (Å²) in [5, 5.41) is 8.70. The zero-order valence-electron chi connectivity index (χ0n) is 18.1. The van der Waals surface area contributed by atoms with Gasteiger partial charge in [0, 0.05) is 44.6 Å². The Labute approximate surface area is 185 Å². The van der Waals surface area contributed by atoms with E-state index in [0.29, 0.717) is 37.6 Å². The molecular weight excluding hydrogens is 404 g/mol. The second-order valence-corrected chi connectivity index (χ2v) is 7.75. The number of amides is 1. The lowest BCUT2D eigenvalue weighted by molar-refractivity contribution is 0.0745. The molecule has 4 aromatic rings. The monoisotopic (exact) mass is 428 g/mol. The summed E-state index contributed by atoms with van der Waals surface area (Å²) < 4.78 is 3.54. The van der Waals surface area contributed by atoms with Crippen LogP contribution in [0, 0.1) is 13.8 Å². The van der Waals surface area contributed by atoms with Crippen LogP contribution >= 0.6 is 0 Å². The van der Waals surface area contributed by atoms with Crippen molar-refractivity contribution in [1.82, 2.24) is 34.4 Å². The molecule has 0 bridgehead atoms. The van der Waals surface area contributed by atoms with Crippen molar-refractivity contribution in [1.29, 1.82) is 0 Å². The fraction of sp³-hybridized carbons (Fsp3) is 0.261. The summed E-state index contributed by atoms with van der Waals surface area (Å²) in [5.74, 6) is 2.29. The first-order chi connectivity index (χ1) is 15.6. The molecule has 0 atom stereocenters. The van der Waals surface area contributed by atoms with E-state index in [4.69, 9.17) is 0 Å². The lowest BCUT2D eigenvalue weighted by atomic mass is 10.2. The van der Waals surface area contributed by atoms with Crippen molar-refractivity contribution in [3.05, 3.63) is 78.1 Å². The number of carbonyl (C=O) groups excluding carboxylic acids is 1. The average molecular weight is 429 g/mol. The van der Waals surface area contributed by atoms with Gasteiger partial charge >= 0.3 is 0 Å². The van der Waals surface area contributed by atoms with Crippen molar-refractivity contribution in [2.24, 2.45) is 0 Å². The van der Waals surface area contributed by atoms with Crippen LogP contribution in [0.1, 0.15) is 21.9 Å². The molecule has 0 aliphatic carbocycles. The first kappa shape index (κ1) is 19.9. The summed E-state index contributed by atoms with van der Waals surface area (Å²) in [6, 6.07) is 13.6. The van der Waals surface area contributed by atoms with Crippen LogP contribution in [0.3, 0.4) is 0 Å². The largest absolute Gasteiger partial charge is 0.353 e. The summed E-state index contributed by atoms with van der Waals surface area (Å²) in [4.78, 5) is 26.3. The van der Waals surface area contributed by atoms with Crippen LogP contribution in [0.25, 0.3) is 11.5 Å². The maximum absolute atomic E-state index is 13.2. The topological polar surface area (TPSA) is 85.0 Å². The first-order valence-electron chi connectivity index (χ1n) is 10.6. The van der Waals surface area contributed by atoms with E-state index >= 15 is 0 Å². The van der Waals surface area contributed by atoms with Gasteiger partial charge < -0.3 is 9.80 Å². The zero-order valence-corrected chi connectivity index (χ0v) is 18.1. The number of aromatic nitrogens is 6. The number of aryl methyl sites for hydroxylation is 1. The van der Waals surface area contributed by atoms with Gasteiger partial charge in [-0.05, 0) is 32.0 Å². The Balaban J connectivity index is 1.30. The number of rotatable bonds is 4. The average Bonchev–Trinajstić information content (AvgIpc) is 3.49. The van der Waals surface area contributed by atoms with E-state index in [0.717, 1.165) is 23.0 Å². The van der Waals surface area contributed by atoms with Gasteiger partial charge in [-0.1, -0.05) is 18.2 Å². The van der Waals surface area contributed by atoms with Crippen molar-refractivity contribution < 1.29 is 4.79 Å². The van der Waals surface area contributed by atoms with Gasteiger partial charge in [-0.25, -0.2) is 19.3 Å². The molecule has 162 valence electrons. The van der Waals surface area contributed by atoms with Gasteiger partial charge in [-0.15, -0.1) is 0 Å². The maximum atomic E-state index is 13.2.